The third-order valence-corrected chi connectivity index (χ3v) is 3.88. The first kappa shape index (κ1) is 18.7. The Morgan fingerprint density at radius 2 is 1.92 bits per heavy atom. The third kappa shape index (κ3) is 4.48. The molecule has 0 spiro atoms. The van der Waals surface area contributed by atoms with E-state index in [0.29, 0.717) is 11.4 Å². The number of para-hydroxylation sites is 2. The van der Waals surface area contributed by atoms with Gasteiger partial charge in [-0.05, 0) is 24.3 Å². The van der Waals surface area contributed by atoms with Crippen molar-refractivity contribution in [3.05, 3.63) is 58.9 Å². The molecule has 0 aliphatic rings. The number of benzene rings is 2. The average Bonchev–Trinajstić information content (AvgIpc) is 2.58. The number of hydrogen-bond acceptors (Lipinski definition) is 3. The molecule has 25 heavy (non-hydrogen) atoms. The van der Waals surface area contributed by atoms with E-state index in [9.17, 15) is 14.0 Å². The van der Waals surface area contributed by atoms with Crippen molar-refractivity contribution in [2.24, 2.45) is 0 Å². The van der Waals surface area contributed by atoms with Gasteiger partial charge >= 0.3 is 0 Å². The lowest BCUT2D eigenvalue weighted by atomic mass is 10.2. The molecule has 7 heteroatoms. The Hall–Kier alpha value is -2.60. The van der Waals surface area contributed by atoms with E-state index >= 15 is 0 Å². The van der Waals surface area contributed by atoms with Crippen LogP contribution < -0.4 is 15.0 Å². The molecular weight excluding hydrogens is 347 g/mol. The molecule has 0 radical (unpaired) electrons. The molecule has 0 unspecified atom stereocenters. The first-order chi connectivity index (χ1) is 12.0. The van der Waals surface area contributed by atoms with Crippen LogP contribution in [0.1, 0.15) is 17.3 Å². The van der Waals surface area contributed by atoms with Gasteiger partial charge in [0.25, 0.3) is 5.91 Å². The maximum Gasteiger partial charge on any atom is 0.255 e. The maximum absolute atomic E-state index is 13.8. The minimum atomic E-state index is -0.696. The first-order valence-corrected chi connectivity index (χ1v) is 7.96. The zero-order chi connectivity index (χ0) is 18.4. The van der Waals surface area contributed by atoms with Crippen LogP contribution in [0.4, 0.5) is 10.1 Å². The van der Waals surface area contributed by atoms with Crippen molar-refractivity contribution in [1.82, 2.24) is 5.32 Å². The quantitative estimate of drug-likeness (QED) is 0.855. The van der Waals surface area contributed by atoms with Crippen molar-refractivity contribution in [3.8, 4) is 5.75 Å². The van der Waals surface area contributed by atoms with Crippen molar-refractivity contribution in [2.75, 3.05) is 25.1 Å². The number of halogens is 2. The molecule has 0 bridgehead atoms. The summed E-state index contributed by atoms with van der Waals surface area (Å²) < 4.78 is 19.0. The zero-order valence-corrected chi connectivity index (χ0v) is 14.6. The largest absolute Gasteiger partial charge is 0.495 e. The fourth-order valence-electron chi connectivity index (χ4n) is 2.38. The smallest absolute Gasteiger partial charge is 0.255 e. The van der Waals surface area contributed by atoms with Crippen molar-refractivity contribution in [3.63, 3.8) is 0 Å². The van der Waals surface area contributed by atoms with Crippen LogP contribution in [0.3, 0.4) is 0 Å². The van der Waals surface area contributed by atoms with Crippen LogP contribution >= 0.6 is 11.6 Å². The van der Waals surface area contributed by atoms with E-state index in [4.69, 9.17) is 16.3 Å². The lowest BCUT2D eigenvalue weighted by Crippen LogP contribution is -2.38. The van der Waals surface area contributed by atoms with E-state index in [1.165, 1.54) is 31.1 Å². The van der Waals surface area contributed by atoms with Crippen molar-refractivity contribution in [1.29, 1.82) is 0 Å². The predicted octanol–water partition coefficient (Wildman–Crippen LogP) is 3.27. The number of rotatable bonds is 6. The molecule has 0 saturated heterocycles. The lowest BCUT2D eigenvalue weighted by Gasteiger charge is -2.23. The Morgan fingerprint density at radius 3 is 2.56 bits per heavy atom. The third-order valence-electron chi connectivity index (χ3n) is 3.57. The van der Waals surface area contributed by atoms with E-state index < -0.39 is 11.7 Å². The Kier molecular flexibility index (Phi) is 6.36. The summed E-state index contributed by atoms with van der Waals surface area (Å²) in [6, 6.07) is 11.1. The Morgan fingerprint density at radius 1 is 1.20 bits per heavy atom. The van der Waals surface area contributed by atoms with E-state index in [2.05, 4.69) is 5.32 Å². The van der Waals surface area contributed by atoms with Crippen molar-refractivity contribution < 1.29 is 18.7 Å². The van der Waals surface area contributed by atoms with Crippen LogP contribution in [0.5, 0.6) is 5.75 Å². The number of hydrogen-bond donors (Lipinski definition) is 1. The summed E-state index contributed by atoms with van der Waals surface area (Å²) in [5, 5.41) is 2.61. The van der Waals surface area contributed by atoms with Gasteiger partial charge < -0.3 is 15.0 Å². The molecule has 0 aromatic heterocycles. The molecule has 132 valence electrons. The number of ether oxygens (including phenoxy) is 1. The second kappa shape index (κ2) is 8.48. The monoisotopic (exact) mass is 364 g/mol. The molecule has 2 amide bonds. The molecule has 5 nitrogen and oxygen atoms in total. The summed E-state index contributed by atoms with van der Waals surface area (Å²) in [6.45, 7) is 1.75. The topological polar surface area (TPSA) is 58.6 Å². The zero-order valence-electron chi connectivity index (χ0n) is 13.9. The predicted molar refractivity (Wildman–Crippen MR) is 94.8 cm³/mol. The summed E-state index contributed by atoms with van der Waals surface area (Å²) in [6.07, 6.45) is 0. The van der Waals surface area contributed by atoms with Gasteiger partial charge in [-0.25, -0.2) is 4.39 Å². The van der Waals surface area contributed by atoms with Gasteiger partial charge in [-0.1, -0.05) is 29.8 Å². The SMILES string of the molecule is COc1ccccc1N(CCNC(=O)c1c(F)cccc1Cl)C(C)=O. The fraction of sp³-hybridized carbons (Fsp3) is 0.222. The molecule has 2 rings (SSSR count). The number of amides is 2. The number of nitrogens with zero attached hydrogens (tertiary/aromatic N) is 1. The summed E-state index contributed by atoms with van der Waals surface area (Å²) in [5.41, 5.74) is 0.381. The molecule has 2 aromatic carbocycles. The van der Waals surface area contributed by atoms with Gasteiger partial charge in [0.1, 0.15) is 11.6 Å². The highest BCUT2D eigenvalue weighted by atomic mass is 35.5. The van der Waals surface area contributed by atoms with Crippen LogP contribution in [0.2, 0.25) is 5.02 Å². The fourth-order valence-corrected chi connectivity index (χ4v) is 2.63. The highest BCUT2D eigenvalue weighted by molar-refractivity contribution is 6.33. The van der Waals surface area contributed by atoms with E-state index in [1.807, 2.05) is 0 Å². The van der Waals surface area contributed by atoms with Crippen LogP contribution in [0.25, 0.3) is 0 Å². The van der Waals surface area contributed by atoms with Crippen LogP contribution in [0, 0.1) is 5.82 Å². The number of anilines is 1. The molecule has 0 heterocycles. The summed E-state index contributed by atoms with van der Waals surface area (Å²) in [4.78, 5) is 25.6. The van der Waals surface area contributed by atoms with Crippen molar-refractivity contribution in [2.45, 2.75) is 6.92 Å². The molecule has 2 aromatic rings. The Bertz CT molecular complexity index is 762. The minimum Gasteiger partial charge on any atom is -0.495 e. The lowest BCUT2D eigenvalue weighted by molar-refractivity contribution is -0.116. The van der Waals surface area contributed by atoms with Crippen LogP contribution in [0.15, 0.2) is 42.5 Å². The molecule has 0 atom stereocenters. The van der Waals surface area contributed by atoms with E-state index in [0.717, 1.165) is 6.07 Å². The van der Waals surface area contributed by atoms with Crippen LogP contribution in [-0.4, -0.2) is 32.0 Å². The molecule has 0 fully saturated rings. The second-order valence-electron chi connectivity index (χ2n) is 5.20. The number of methoxy groups -OCH3 is 1. The number of carbonyl (C=O) groups excluding carboxylic acids is 2. The highest BCUT2D eigenvalue weighted by Crippen LogP contribution is 2.27. The highest BCUT2D eigenvalue weighted by Gasteiger charge is 2.18. The second-order valence-corrected chi connectivity index (χ2v) is 5.60. The summed E-state index contributed by atoms with van der Waals surface area (Å²) in [7, 11) is 1.51. The van der Waals surface area contributed by atoms with Gasteiger partial charge in [-0.2, -0.15) is 0 Å². The van der Waals surface area contributed by atoms with Gasteiger partial charge in [0.15, 0.2) is 0 Å². The number of carbonyl (C=O) groups is 2. The number of nitrogens with one attached hydrogen (secondary N) is 1. The van der Waals surface area contributed by atoms with Gasteiger partial charge in [-0.15, -0.1) is 0 Å². The molecule has 0 saturated carbocycles. The van der Waals surface area contributed by atoms with Crippen LogP contribution in [-0.2, 0) is 4.79 Å². The summed E-state index contributed by atoms with van der Waals surface area (Å²) in [5.74, 6) is -0.992. The molecule has 1 N–H and O–H groups in total. The van der Waals surface area contributed by atoms with E-state index in [-0.39, 0.29) is 29.6 Å². The van der Waals surface area contributed by atoms with Gasteiger partial charge in [0, 0.05) is 20.0 Å². The standard InChI is InChI=1S/C18H18ClFN2O3/c1-12(23)22(15-8-3-4-9-16(15)25-2)11-10-21-18(24)17-13(19)6-5-7-14(17)20/h3-9H,10-11H2,1-2H3,(H,21,24). The minimum absolute atomic E-state index is 0.0330. The Labute approximate surface area is 150 Å². The molecular formula is C18H18ClFN2O3. The van der Waals surface area contributed by atoms with E-state index in [1.54, 1.807) is 24.3 Å². The van der Waals surface area contributed by atoms with Gasteiger partial charge in [0.05, 0.1) is 23.4 Å². The maximum atomic E-state index is 13.8. The Balaban J connectivity index is 2.08. The normalized spacial score (nSPS) is 10.2. The average molecular weight is 365 g/mol. The van der Waals surface area contributed by atoms with Gasteiger partial charge in [0.2, 0.25) is 5.91 Å². The molecule has 0 aliphatic carbocycles. The van der Waals surface area contributed by atoms with Gasteiger partial charge in [-0.3, -0.25) is 9.59 Å². The van der Waals surface area contributed by atoms with Crippen molar-refractivity contribution >= 4 is 29.1 Å². The molecule has 0 aliphatic heterocycles. The first-order valence-electron chi connectivity index (χ1n) is 7.59. The summed E-state index contributed by atoms with van der Waals surface area (Å²) >= 11 is 5.87.